The van der Waals surface area contributed by atoms with E-state index >= 15 is 0 Å². The Bertz CT molecular complexity index is 506. The molecule has 0 radical (unpaired) electrons. The van der Waals surface area contributed by atoms with E-state index < -0.39 is 0 Å². The largest absolute Gasteiger partial charge is 0.0885 e. The van der Waals surface area contributed by atoms with E-state index in [9.17, 15) is 0 Å². The minimum absolute atomic E-state index is 0.778. The molecule has 0 aromatic heterocycles. The van der Waals surface area contributed by atoms with Gasteiger partial charge in [0.05, 0.1) is 0 Å². The van der Waals surface area contributed by atoms with Gasteiger partial charge in [0.15, 0.2) is 0 Å². The van der Waals surface area contributed by atoms with Gasteiger partial charge in [-0.1, -0.05) is 67.1 Å². The normalized spacial score (nSPS) is 11.0. The third-order valence-corrected chi connectivity index (χ3v) is 3.14. The first-order chi connectivity index (χ1) is 8.79. The molecule has 0 aliphatic carbocycles. The molecule has 0 saturated carbocycles. The number of hydrogen-bond acceptors (Lipinski definition) is 0. The summed E-state index contributed by atoms with van der Waals surface area (Å²) in [5, 5.41) is 0.778. The van der Waals surface area contributed by atoms with Crippen molar-refractivity contribution in [1.29, 1.82) is 0 Å². The maximum absolute atomic E-state index is 5.89. The second kappa shape index (κ2) is 6.42. The summed E-state index contributed by atoms with van der Waals surface area (Å²) in [6.07, 6.45) is 6.53. The van der Waals surface area contributed by atoms with E-state index in [2.05, 4.69) is 43.3 Å². The lowest BCUT2D eigenvalue weighted by molar-refractivity contribution is 1.18. The lowest BCUT2D eigenvalue weighted by Crippen LogP contribution is -1.82. The molecule has 18 heavy (non-hydrogen) atoms. The van der Waals surface area contributed by atoms with Gasteiger partial charge in [-0.2, -0.15) is 0 Å². The highest BCUT2D eigenvalue weighted by Crippen LogP contribution is 2.22. The van der Waals surface area contributed by atoms with Crippen LogP contribution >= 0.6 is 11.6 Å². The van der Waals surface area contributed by atoms with Crippen LogP contribution < -0.4 is 0 Å². The van der Waals surface area contributed by atoms with Gasteiger partial charge in [0.1, 0.15) is 0 Å². The van der Waals surface area contributed by atoms with Gasteiger partial charge in [0.25, 0.3) is 0 Å². The molecule has 0 amide bonds. The Hall–Kier alpha value is -1.53. The Balaban J connectivity index is 2.12. The molecule has 0 nitrogen and oxygen atoms in total. The first-order valence-electron chi connectivity index (χ1n) is 6.29. The summed E-state index contributed by atoms with van der Waals surface area (Å²) < 4.78 is 0. The molecule has 0 bridgehead atoms. The number of hydrogen-bond donors (Lipinski definition) is 0. The predicted octanol–water partition coefficient (Wildman–Crippen LogP) is 5.52. The molecule has 0 spiro atoms. The smallest absolute Gasteiger partial charge is 0.0406 e. The maximum atomic E-state index is 5.89. The second-order valence-corrected chi connectivity index (χ2v) is 4.72. The number of benzene rings is 2. The molecule has 92 valence electrons. The molecule has 2 aromatic carbocycles. The van der Waals surface area contributed by atoms with Crippen molar-refractivity contribution in [2.75, 3.05) is 0 Å². The minimum atomic E-state index is 0.778. The van der Waals surface area contributed by atoms with E-state index in [1.165, 1.54) is 16.7 Å². The molecule has 2 aromatic rings. The fourth-order valence-corrected chi connectivity index (χ4v) is 1.99. The first kappa shape index (κ1) is 12.9. The quantitative estimate of drug-likeness (QED) is 0.632. The van der Waals surface area contributed by atoms with Crippen LogP contribution in [0.2, 0.25) is 5.02 Å². The maximum Gasteiger partial charge on any atom is 0.0406 e. The average Bonchev–Trinajstić information content (AvgIpc) is 2.41. The second-order valence-electron chi connectivity index (χ2n) is 4.29. The summed E-state index contributed by atoms with van der Waals surface area (Å²) in [6, 6.07) is 16.6. The highest BCUT2D eigenvalue weighted by atomic mass is 35.5. The SMILES string of the molecule is CC/C=C\Cc1ccc(-c2ccc(Cl)cc2)cc1. The third kappa shape index (κ3) is 3.48. The molecule has 0 heterocycles. The van der Waals surface area contributed by atoms with Crippen molar-refractivity contribution in [3.63, 3.8) is 0 Å². The molecule has 0 saturated heterocycles. The zero-order valence-electron chi connectivity index (χ0n) is 10.6. The Kier molecular flexibility index (Phi) is 4.60. The third-order valence-electron chi connectivity index (χ3n) is 2.89. The van der Waals surface area contributed by atoms with E-state index in [4.69, 9.17) is 11.6 Å². The van der Waals surface area contributed by atoms with Crippen molar-refractivity contribution < 1.29 is 0 Å². The van der Waals surface area contributed by atoms with Crippen molar-refractivity contribution in [1.82, 2.24) is 0 Å². The topological polar surface area (TPSA) is 0 Å². The van der Waals surface area contributed by atoms with Crippen molar-refractivity contribution in [3.05, 3.63) is 71.3 Å². The predicted molar refractivity (Wildman–Crippen MR) is 80.0 cm³/mol. The lowest BCUT2D eigenvalue weighted by Gasteiger charge is -2.03. The van der Waals surface area contributed by atoms with Crippen molar-refractivity contribution >= 4 is 11.6 Å². The van der Waals surface area contributed by atoms with Gasteiger partial charge < -0.3 is 0 Å². The van der Waals surface area contributed by atoms with Gasteiger partial charge in [0, 0.05) is 5.02 Å². The van der Waals surface area contributed by atoms with Crippen molar-refractivity contribution in [2.24, 2.45) is 0 Å². The van der Waals surface area contributed by atoms with Gasteiger partial charge in [-0.25, -0.2) is 0 Å². The molecule has 1 heteroatoms. The van der Waals surface area contributed by atoms with Crippen molar-refractivity contribution in [2.45, 2.75) is 19.8 Å². The van der Waals surface area contributed by atoms with Gasteiger partial charge in [-0.05, 0) is 41.7 Å². The number of halogens is 1. The fraction of sp³-hybridized carbons (Fsp3) is 0.176. The fourth-order valence-electron chi connectivity index (χ4n) is 1.86. The minimum Gasteiger partial charge on any atom is -0.0885 e. The van der Waals surface area contributed by atoms with E-state index in [1.807, 2.05) is 24.3 Å². The van der Waals surface area contributed by atoms with Gasteiger partial charge in [-0.3, -0.25) is 0 Å². The zero-order chi connectivity index (χ0) is 12.8. The molecule has 0 atom stereocenters. The van der Waals surface area contributed by atoms with Crippen LogP contribution in [0, 0.1) is 0 Å². The van der Waals surface area contributed by atoms with Gasteiger partial charge in [0.2, 0.25) is 0 Å². The molecule has 2 rings (SSSR count). The molecule has 0 fully saturated rings. The molecule has 0 N–H and O–H groups in total. The van der Waals surface area contributed by atoms with E-state index in [0.717, 1.165) is 17.9 Å². The first-order valence-corrected chi connectivity index (χ1v) is 6.67. The molecule has 0 unspecified atom stereocenters. The summed E-state index contributed by atoms with van der Waals surface area (Å²) in [5.41, 5.74) is 3.78. The van der Waals surface area contributed by atoms with Crippen LogP contribution in [-0.4, -0.2) is 0 Å². The molecule has 0 aliphatic rings. The van der Waals surface area contributed by atoms with Gasteiger partial charge in [-0.15, -0.1) is 0 Å². The van der Waals surface area contributed by atoms with Crippen LogP contribution in [0.25, 0.3) is 11.1 Å². The summed E-state index contributed by atoms with van der Waals surface area (Å²) in [7, 11) is 0. The van der Waals surface area contributed by atoms with E-state index in [-0.39, 0.29) is 0 Å². The standard InChI is InChI=1S/C17H17Cl/c1-2-3-4-5-14-6-8-15(9-7-14)16-10-12-17(18)13-11-16/h3-4,6-13H,2,5H2,1H3/b4-3-. The lowest BCUT2D eigenvalue weighted by atomic mass is 10.0. The van der Waals surface area contributed by atoms with E-state index in [1.54, 1.807) is 0 Å². The number of allylic oxidation sites excluding steroid dienone is 2. The van der Waals surface area contributed by atoms with E-state index in [0.29, 0.717) is 0 Å². The Labute approximate surface area is 114 Å². The average molecular weight is 257 g/mol. The molecule has 0 aliphatic heterocycles. The highest BCUT2D eigenvalue weighted by Gasteiger charge is 1.97. The van der Waals surface area contributed by atoms with Crippen LogP contribution in [0.1, 0.15) is 18.9 Å². The van der Waals surface area contributed by atoms with Crippen LogP contribution in [0.5, 0.6) is 0 Å². The molecular weight excluding hydrogens is 240 g/mol. The summed E-state index contributed by atoms with van der Waals surface area (Å²) in [6.45, 7) is 2.15. The summed E-state index contributed by atoms with van der Waals surface area (Å²) >= 11 is 5.89. The van der Waals surface area contributed by atoms with Crippen LogP contribution in [0.3, 0.4) is 0 Å². The summed E-state index contributed by atoms with van der Waals surface area (Å²) in [4.78, 5) is 0. The Morgan fingerprint density at radius 2 is 1.39 bits per heavy atom. The Morgan fingerprint density at radius 1 is 0.833 bits per heavy atom. The number of rotatable bonds is 4. The van der Waals surface area contributed by atoms with Crippen LogP contribution in [0.15, 0.2) is 60.7 Å². The summed E-state index contributed by atoms with van der Waals surface area (Å²) in [5.74, 6) is 0. The molecular formula is C17H17Cl. The van der Waals surface area contributed by atoms with Crippen LogP contribution in [0.4, 0.5) is 0 Å². The zero-order valence-corrected chi connectivity index (χ0v) is 11.3. The van der Waals surface area contributed by atoms with Crippen molar-refractivity contribution in [3.8, 4) is 11.1 Å². The van der Waals surface area contributed by atoms with Crippen LogP contribution in [-0.2, 0) is 6.42 Å². The Morgan fingerprint density at radius 3 is 1.94 bits per heavy atom. The monoisotopic (exact) mass is 256 g/mol. The highest BCUT2D eigenvalue weighted by molar-refractivity contribution is 6.30. The van der Waals surface area contributed by atoms with Gasteiger partial charge >= 0.3 is 0 Å².